The summed E-state index contributed by atoms with van der Waals surface area (Å²) in [4.78, 5) is 20.8. The average molecular weight is 155 g/mol. The molecular formula is C7H9NO3. The first-order valence-electron chi connectivity index (χ1n) is 2.84. The van der Waals surface area contributed by atoms with Gasteiger partial charge in [-0.1, -0.05) is 12.7 Å². The number of carbonyl (C=O) groups is 2. The molecule has 0 saturated carbocycles. The minimum absolute atomic E-state index is 0.160. The van der Waals surface area contributed by atoms with Crippen molar-refractivity contribution in [1.29, 1.82) is 0 Å². The standard InChI is InChI=1S/C7H9NO3/c1-3-5(7(10)11)4(2)6(8)9/h3,5H,1-2H2,(H2,8,9)(H,10,11). The van der Waals surface area contributed by atoms with Crippen LogP contribution in [0, 0.1) is 5.92 Å². The summed E-state index contributed by atoms with van der Waals surface area (Å²) >= 11 is 0. The maximum absolute atomic E-state index is 10.4. The van der Waals surface area contributed by atoms with Gasteiger partial charge in [-0.05, 0) is 0 Å². The zero-order valence-corrected chi connectivity index (χ0v) is 5.91. The van der Waals surface area contributed by atoms with Gasteiger partial charge in [0.15, 0.2) is 0 Å². The van der Waals surface area contributed by atoms with E-state index in [4.69, 9.17) is 10.8 Å². The Hall–Kier alpha value is -1.58. The molecule has 11 heavy (non-hydrogen) atoms. The van der Waals surface area contributed by atoms with Crippen LogP contribution >= 0.6 is 0 Å². The Morgan fingerprint density at radius 1 is 1.55 bits per heavy atom. The third-order valence-corrected chi connectivity index (χ3v) is 1.19. The average Bonchev–Trinajstić information content (AvgIpc) is 1.88. The molecule has 0 bridgehead atoms. The Balaban J connectivity index is 4.52. The maximum atomic E-state index is 10.4. The number of hydrogen-bond acceptors (Lipinski definition) is 2. The molecule has 0 saturated heterocycles. The molecule has 0 fully saturated rings. The number of aliphatic carboxylic acids is 1. The predicted molar refractivity (Wildman–Crippen MR) is 39.7 cm³/mol. The highest BCUT2D eigenvalue weighted by atomic mass is 16.4. The number of hydrogen-bond donors (Lipinski definition) is 2. The summed E-state index contributed by atoms with van der Waals surface area (Å²) in [6, 6.07) is 0. The molecule has 0 aliphatic carbocycles. The van der Waals surface area contributed by atoms with Gasteiger partial charge in [0.05, 0.1) is 0 Å². The van der Waals surface area contributed by atoms with Gasteiger partial charge in [0.2, 0.25) is 5.91 Å². The van der Waals surface area contributed by atoms with E-state index in [0.717, 1.165) is 6.08 Å². The van der Waals surface area contributed by atoms with Crippen molar-refractivity contribution in [3.63, 3.8) is 0 Å². The Kier molecular flexibility index (Phi) is 3.04. The Labute approximate surface area is 64.0 Å². The van der Waals surface area contributed by atoms with Gasteiger partial charge in [0.25, 0.3) is 0 Å². The molecular weight excluding hydrogens is 146 g/mol. The highest BCUT2D eigenvalue weighted by Crippen LogP contribution is 2.09. The van der Waals surface area contributed by atoms with Crippen molar-refractivity contribution in [1.82, 2.24) is 0 Å². The summed E-state index contributed by atoms with van der Waals surface area (Å²) in [6.45, 7) is 6.46. The summed E-state index contributed by atoms with van der Waals surface area (Å²) in [7, 11) is 0. The van der Waals surface area contributed by atoms with Gasteiger partial charge in [-0.2, -0.15) is 0 Å². The van der Waals surface area contributed by atoms with E-state index < -0.39 is 17.8 Å². The molecule has 0 heterocycles. The second-order valence-electron chi connectivity index (χ2n) is 1.94. The lowest BCUT2D eigenvalue weighted by Gasteiger charge is -2.05. The fourth-order valence-electron chi connectivity index (χ4n) is 0.545. The zero-order valence-electron chi connectivity index (χ0n) is 5.91. The lowest BCUT2D eigenvalue weighted by Crippen LogP contribution is -2.23. The fraction of sp³-hybridized carbons (Fsp3) is 0.143. The van der Waals surface area contributed by atoms with Crippen molar-refractivity contribution in [2.24, 2.45) is 11.7 Å². The number of primary amides is 1. The minimum atomic E-state index is -1.18. The molecule has 1 unspecified atom stereocenters. The number of rotatable bonds is 4. The monoisotopic (exact) mass is 155 g/mol. The molecule has 1 atom stereocenters. The van der Waals surface area contributed by atoms with Gasteiger partial charge in [-0.15, -0.1) is 6.58 Å². The van der Waals surface area contributed by atoms with E-state index in [-0.39, 0.29) is 5.57 Å². The van der Waals surface area contributed by atoms with E-state index >= 15 is 0 Å². The van der Waals surface area contributed by atoms with E-state index in [0.29, 0.717) is 0 Å². The van der Waals surface area contributed by atoms with Gasteiger partial charge in [-0.25, -0.2) is 0 Å². The van der Waals surface area contributed by atoms with E-state index in [2.05, 4.69) is 13.2 Å². The molecule has 4 heteroatoms. The zero-order chi connectivity index (χ0) is 9.02. The lowest BCUT2D eigenvalue weighted by molar-refractivity contribution is -0.139. The second kappa shape index (κ2) is 3.55. The van der Waals surface area contributed by atoms with Gasteiger partial charge >= 0.3 is 5.97 Å². The first-order valence-corrected chi connectivity index (χ1v) is 2.84. The molecule has 60 valence electrons. The molecule has 0 aromatic rings. The summed E-state index contributed by atoms with van der Waals surface area (Å²) in [6.07, 6.45) is 1.11. The summed E-state index contributed by atoms with van der Waals surface area (Å²) in [5, 5.41) is 8.45. The maximum Gasteiger partial charge on any atom is 0.315 e. The Morgan fingerprint density at radius 2 is 2.00 bits per heavy atom. The van der Waals surface area contributed by atoms with Crippen LogP contribution in [0.4, 0.5) is 0 Å². The number of nitrogens with two attached hydrogens (primary N) is 1. The predicted octanol–water partition coefficient (Wildman–Crippen LogP) is -0.0853. The van der Waals surface area contributed by atoms with Crippen LogP contribution in [0.3, 0.4) is 0 Å². The highest BCUT2D eigenvalue weighted by Gasteiger charge is 2.20. The fourth-order valence-corrected chi connectivity index (χ4v) is 0.545. The third-order valence-electron chi connectivity index (χ3n) is 1.19. The first-order chi connectivity index (χ1) is 5.00. The topological polar surface area (TPSA) is 80.4 Å². The summed E-state index contributed by atoms with van der Waals surface area (Å²) in [5.41, 5.74) is 4.64. The molecule has 0 rings (SSSR count). The highest BCUT2D eigenvalue weighted by molar-refractivity contribution is 5.97. The van der Waals surface area contributed by atoms with Crippen molar-refractivity contribution in [3.05, 3.63) is 24.8 Å². The van der Waals surface area contributed by atoms with Crippen LogP contribution in [0.5, 0.6) is 0 Å². The minimum Gasteiger partial charge on any atom is -0.481 e. The lowest BCUT2D eigenvalue weighted by atomic mass is 10.0. The molecule has 0 aromatic heterocycles. The normalized spacial score (nSPS) is 11.6. The number of carboxylic acids is 1. The second-order valence-corrected chi connectivity index (χ2v) is 1.94. The van der Waals surface area contributed by atoms with E-state index in [1.807, 2.05) is 0 Å². The van der Waals surface area contributed by atoms with Crippen LogP contribution < -0.4 is 5.73 Å². The van der Waals surface area contributed by atoms with Gasteiger partial charge < -0.3 is 10.8 Å². The van der Waals surface area contributed by atoms with Crippen LogP contribution in [0.2, 0.25) is 0 Å². The third kappa shape index (κ3) is 2.25. The van der Waals surface area contributed by atoms with Gasteiger partial charge in [0.1, 0.15) is 5.92 Å². The molecule has 0 aliphatic rings. The van der Waals surface area contributed by atoms with Crippen molar-refractivity contribution in [2.75, 3.05) is 0 Å². The number of carboxylic acid groups (broad SMARTS) is 1. The molecule has 1 amide bonds. The van der Waals surface area contributed by atoms with Crippen molar-refractivity contribution in [2.45, 2.75) is 0 Å². The van der Waals surface area contributed by atoms with E-state index in [9.17, 15) is 9.59 Å². The Bertz CT molecular complexity index is 220. The first kappa shape index (κ1) is 9.42. The summed E-state index contributed by atoms with van der Waals surface area (Å²) < 4.78 is 0. The smallest absolute Gasteiger partial charge is 0.315 e. The van der Waals surface area contributed by atoms with Crippen LogP contribution in [0.1, 0.15) is 0 Å². The van der Waals surface area contributed by atoms with Crippen LogP contribution in [-0.2, 0) is 9.59 Å². The molecule has 4 nitrogen and oxygen atoms in total. The Morgan fingerprint density at radius 3 is 2.09 bits per heavy atom. The summed E-state index contributed by atoms with van der Waals surface area (Å²) in [5.74, 6) is -3.08. The van der Waals surface area contributed by atoms with E-state index in [1.54, 1.807) is 0 Å². The van der Waals surface area contributed by atoms with E-state index in [1.165, 1.54) is 0 Å². The largest absolute Gasteiger partial charge is 0.481 e. The van der Waals surface area contributed by atoms with Crippen LogP contribution in [-0.4, -0.2) is 17.0 Å². The molecule has 0 aromatic carbocycles. The van der Waals surface area contributed by atoms with Crippen molar-refractivity contribution >= 4 is 11.9 Å². The number of carbonyl (C=O) groups excluding carboxylic acids is 1. The van der Waals surface area contributed by atoms with Gasteiger partial charge in [0, 0.05) is 5.57 Å². The number of amides is 1. The molecule has 0 spiro atoms. The SMILES string of the molecule is C=CC(C(=C)C(N)=O)C(=O)O. The molecule has 0 radical (unpaired) electrons. The molecule has 3 N–H and O–H groups in total. The van der Waals surface area contributed by atoms with Crippen molar-refractivity contribution in [3.8, 4) is 0 Å². The van der Waals surface area contributed by atoms with Crippen LogP contribution in [0.25, 0.3) is 0 Å². The quantitative estimate of drug-likeness (QED) is 0.440. The molecule has 0 aliphatic heterocycles. The van der Waals surface area contributed by atoms with Crippen molar-refractivity contribution < 1.29 is 14.7 Å². The van der Waals surface area contributed by atoms with Gasteiger partial charge in [-0.3, -0.25) is 9.59 Å². The van der Waals surface area contributed by atoms with Crippen LogP contribution in [0.15, 0.2) is 24.8 Å².